The van der Waals surface area contributed by atoms with Crippen LogP contribution >= 0.6 is 0 Å². The molecular formula is C20H26N4O2. The van der Waals surface area contributed by atoms with Gasteiger partial charge in [-0.1, -0.05) is 6.07 Å². The van der Waals surface area contributed by atoms with E-state index in [0.29, 0.717) is 25.0 Å². The molecule has 0 bridgehead atoms. The summed E-state index contributed by atoms with van der Waals surface area (Å²) in [6.45, 7) is 3.84. The van der Waals surface area contributed by atoms with Gasteiger partial charge in [-0.2, -0.15) is 0 Å². The Morgan fingerprint density at radius 2 is 2.12 bits per heavy atom. The lowest BCUT2D eigenvalue weighted by Gasteiger charge is -2.35. The summed E-state index contributed by atoms with van der Waals surface area (Å²) in [5.74, 6) is 1.83. The van der Waals surface area contributed by atoms with Crippen molar-refractivity contribution < 1.29 is 9.53 Å². The van der Waals surface area contributed by atoms with Gasteiger partial charge in [-0.3, -0.25) is 9.78 Å². The van der Waals surface area contributed by atoms with Gasteiger partial charge in [0, 0.05) is 62.9 Å². The molecule has 2 saturated heterocycles. The molecule has 2 aliphatic rings. The Balaban J connectivity index is 1.45. The molecule has 6 nitrogen and oxygen atoms in total. The number of rotatable bonds is 4. The van der Waals surface area contributed by atoms with Crippen LogP contribution in [0.4, 0.5) is 0 Å². The molecule has 0 unspecified atom stereocenters. The summed E-state index contributed by atoms with van der Waals surface area (Å²) in [6, 6.07) is 4.04. The lowest BCUT2D eigenvalue weighted by atomic mass is 9.93. The van der Waals surface area contributed by atoms with Gasteiger partial charge in [0.2, 0.25) is 5.91 Å². The molecule has 4 heterocycles. The number of nitrogens with zero attached hydrogens (tertiary/aromatic N) is 4. The van der Waals surface area contributed by atoms with Gasteiger partial charge in [0.25, 0.3) is 0 Å². The molecule has 1 atom stereocenters. The molecule has 6 heteroatoms. The Labute approximate surface area is 154 Å². The van der Waals surface area contributed by atoms with Crippen LogP contribution in [0.25, 0.3) is 0 Å². The molecule has 0 N–H and O–H groups in total. The van der Waals surface area contributed by atoms with Gasteiger partial charge in [-0.05, 0) is 37.3 Å². The third-order valence-corrected chi connectivity index (χ3v) is 5.49. The van der Waals surface area contributed by atoms with Crippen molar-refractivity contribution in [3.05, 3.63) is 48.3 Å². The Bertz CT molecular complexity index is 724. The monoisotopic (exact) mass is 354 g/mol. The molecule has 1 amide bonds. The van der Waals surface area contributed by atoms with Crippen LogP contribution in [-0.4, -0.2) is 51.6 Å². The number of amides is 1. The summed E-state index contributed by atoms with van der Waals surface area (Å²) in [7, 11) is 0. The number of pyridine rings is 1. The van der Waals surface area contributed by atoms with Crippen molar-refractivity contribution in [2.45, 2.75) is 38.1 Å². The van der Waals surface area contributed by atoms with Gasteiger partial charge in [0.15, 0.2) is 0 Å². The fourth-order valence-corrected chi connectivity index (χ4v) is 4.09. The maximum Gasteiger partial charge on any atom is 0.225 e. The Kier molecular flexibility index (Phi) is 5.29. The average molecular weight is 354 g/mol. The standard InChI is InChI=1S/C20H26N4O2/c25-20(17-5-11-26-12-6-17)24-9-2-4-18(15-24)19-22-8-10-23(19)14-16-3-1-7-21-13-16/h1,3,7-8,10,13,17-18H,2,4-6,9,11-12,14-15H2/t18-/m1/s1. The SMILES string of the molecule is O=C(C1CCOCC1)N1CCC[C@@H](c2nccn2Cc2cccnc2)C1. The number of hydrogen-bond donors (Lipinski definition) is 0. The van der Waals surface area contributed by atoms with Crippen LogP contribution in [0.3, 0.4) is 0 Å². The summed E-state index contributed by atoms with van der Waals surface area (Å²) in [4.78, 5) is 23.8. The highest BCUT2D eigenvalue weighted by molar-refractivity contribution is 5.79. The zero-order chi connectivity index (χ0) is 17.8. The highest BCUT2D eigenvalue weighted by atomic mass is 16.5. The van der Waals surface area contributed by atoms with E-state index in [9.17, 15) is 4.79 Å². The van der Waals surface area contributed by atoms with Crippen LogP contribution in [0.5, 0.6) is 0 Å². The van der Waals surface area contributed by atoms with Crippen LogP contribution < -0.4 is 0 Å². The van der Waals surface area contributed by atoms with E-state index < -0.39 is 0 Å². The summed E-state index contributed by atoms with van der Waals surface area (Å²) in [5.41, 5.74) is 1.16. The molecule has 0 aliphatic carbocycles. The van der Waals surface area contributed by atoms with E-state index in [1.54, 1.807) is 6.20 Å². The molecule has 138 valence electrons. The van der Waals surface area contributed by atoms with Crippen molar-refractivity contribution in [2.24, 2.45) is 5.92 Å². The summed E-state index contributed by atoms with van der Waals surface area (Å²) in [5, 5.41) is 0. The van der Waals surface area contributed by atoms with E-state index in [-0.39, 0.29) is 5.92 Å². The van der Waals surface area contributed by atoms with Crippen LogP contribution in [0, 0.1) is 5.92 Å². The predicted molar refractivity (Wildman–Crippen MR) is 97.7 cm³/mol. The smallest absolute Gasteiger partial charge is 0.225 e. The maximum atomic E-state index is 12.9. The second-order valence-electron chi connectivity index (χ2n) is 7.28. The van der Waals surface area contributed by atoms with Crippen LogP contribution in [0.15, 0.2) is 36.9 Å². The van der Waals surface area contributed by atoms with Gasteiger partial charge >= 0.3 is 0 Å². The molecule has 26 heavy (non-hydrogen) atoms. The number of carbonyl (C=O) groups is 1. The molecule has 4 rings (SSSR count). The lowest BCUT2D eigenvalue weighted by Crippen LogP contribution is -2.44. The fraction of sp³-hybridized carbons (Fsp3) is 0.550. The Morgan fingerprint density at radius 1 is 1.23 bits per heavy atom. The quantitative estimate of drug-likeness (QED) is 0.846. The molecule has 0 aromatic carbocycles. The first-order valence-electron chi connectivity index (χ1n) is 9.58. The van der Waals surface area contributed by atoms with Crippen molar-refractivity contribution in [2.75, 3.05) is 26.3 Å². The minimum Gasteiger partial charge on any atom is -0.381 e. The van der Waals surface area contributed by atoms with Crippen molar-refractivity contribution in [1.29, 1.82) is 0 Å². The third kappa shape index (κ3) is 3.80. The summed E-state index contributed by atoms with van der Waals surface area (Å²) in [6.07, 6.45) is 11.4. The van der Waals surface area contributed by atoms with Crippen molar-refractivity contribution in [3.63, 3.8) is 0 Å². The van der Waals surface area contributed by atoms with Gasteiger partial charge in [-0.15, -0.1) is 0 Å². The average Bonchev–Trinajstić information content (AvgIpc) is 3.17. The number of likely N-dealkylation sites (tertiary alicyclic amines) is 1. The highest BCUT2D eigenvalue weighted by Crippen LogP contribution is 2.28. The van der Waals surface area contributed by atoms with E-state index in [4.69, 9.17) is 4.74 Å². The minimum absolute atomic E-state index is 0.137. The van der Waals surface area contributed by atoms with E-state index >= 15 is 0 Å². The number of imidazole rings is 1. The first kappa shape index (κ1) is 17.2. The van der Waals surface area contributed by atoms with Gasteiger partial charge < -0.3 is 14.2 Å². The molecular weight excluding hydrogens is 328 g/mol. The normalized spacial score (nSPS) is 21.7. The van der Waals surface area contributed by atoms with E-state index in [2.05, 4.69) is 25.5 Å². The third-order valence-electron chi connectivity index (χ3n) is 5.49. The second kappa shape index (κ2) is 7.99. The van der Waals surface area contributed by atoms with Gasteiger partial charge in [0.05, 0.1) is 6.54 Å². The minimum atomic E-state index is 0.137. The van der Waals surface area contributed by atoms with Crippen LogP contribution in [-0.2, 0) is 16.1 Å². The Hall–Kier alpha value is -2.21. The molecule has 2 aromatic heterocycles. The molecule has 0 spiro atoms. The van der Waals surface area contributed by atoms with E-state index in [1.165, 1.54) is 0 Å². The number of piperidine rings is 1. The topological polar surface area (TPSA) is 60.2 Å². The highest BCUT2D eigenvalue weighted by Gasteiger charge is 2.31. The number of ether oxygens (including phenoxy) is 1. The second-order valence-corrected chi connectivity index (χ2v) is 7.28. The Morgan fingerprint density at radius 3 is 2.92 bits per heavy atom. The molecule has 0 radical (unpaired) electrons. The molecule has 2 aromatic rings. The first-order valence-corrected chi connectivity index (χ1v) is 9.58. The predicted octanol–water partition coefficient (Wildman–Crippen LogP) is 2.46. The number of carbonyl (C=O) groups excluding carboxylic acids is 1. The lowest BCUT2D eigenvalue weighted by molar-refractivity contribution is -0.139. The maximum absolute atomic E-state index is 12.9. The van der Waals surface area contributed by atoms with Gasteiger partial charge in [-0.25, -0.2) is 4.98 Å². The fourth-order valence-electron chi connectivity index (χ4n) is 4.09. The molecule has 2 fully saturated rings. The number of hydrogen-bond acceptors (Lipinski definition) is 4. The summed E-state index contributed by atoms with van der Waals surface area (Å²) >= 11 is 0. The zero-order valence-electron chi connectivity index (χ0n) is 15.1. The number of aromatic nitrogens is 3. The molecule has 0 saturated carbocycles. The van der Waals surface area contributed by atoms with Crippen molar-refractivity contribution in [3.8, 4) is 0 Å². The van der Waals surface area contributed by atoms with E-state index in [1.807, 2.05) is 24.7 Å². The van der Waals surface area contributed by atoms with Gasteiger partial charge in [0.1, 0.15) is 5.82 Å². The van der Waals surface area contributed by atoms with Crippen molar-refractivity contribution >= 4 is 5.91 Å². The zero-order valence-corrected chi connectivity index (χ0v) is 15.1. The van der Waals surface area contributed by atoms with E-state index in [0.717, 1.165) is 56.7 Å². The van der Waals surface area contributed by atoms with Crippen molar-refractivity contribution in [1.82, 2.24) is 19.4 Å². The summed E-state index contributed by atoms with van der Waals surface area (Å²) < 4.78 is 7.60. The first-order chi connectivity index (χ1) is 12.8. The largest absolute Gasteiger partial charge is 0.381 e. The molecule has 2 aliphatic heterocycles. The van der Waals surface area contributed by atoms with Crippen LogP contribution in [0.1, 0.15) is 43.0 Å². The van der Waals surface area contributed by atoms with Crippen LogP contribution in [0.2, 0.25) is 0 Å².